The highest BCUT2D eigenvalue weighted by molar-refractivity contribution is 5.79. The van der Waals surface area contributed by atoms with Crippen LogP contribution in [0.3, 0.4) is 0 Å². The topological polar surface area (TPSA) is 104 Å². The van der Waals surface area contributed by atoms with Gasteiger partial charge in [0.1, 0.15) is 11.4 Å². The lowest BCUT2D eigenvalue weighted by molar-refractivity contribution is -0.383. The van der Waals surface area contributed by atoms with E-state index in [4.69, 9.17) is 15.2 Å². The van der Waals surface area contributed by atoms with Gasteiger partial charge in [0.2, 0.25) is 5.82 Å². The van der Waals surface area contributed by atoms with Crippen molar-refractivity contribution < 1.29 is 27.6 Å². The van der Waals surface area contributed by atoms with Crippen LogP contribution in [0.5, 0.6) is 5.75 Å². The van der Waals surface area contributed by atoms with Gasteiger partial charge in [0, 0.05) is 31.7 Å². The van der Waals surface area contributed by atoms with E-state index < -0.39 is 16.7 Å². The lowest BCUT2D eigenvalue weighted by Crippen LogP contribution is -2.44. The fraction of sp³-hybridized carbons (Fsp3) is 0.476. The first kappa shape index (κ1) is 23.6. The summed E-state index contributed by atoms with van der Waals surface area (Å²) in [5, 5.41) is 11.7. The number of alkyl halides is 3. The average Bonchev–Trinajstić information content (AvgIpc) is 2.70. The molecule has 0 amide bonds. The summed E-state index contributed by atoms with van der Waals surface area (Å²) in [5.41, 5.74) is 4.80. The molecule has 0 bridgehead atoms. The van der Waals surface area contributed by atoms with E-state index in [1.54, 1.807) is 19.1 Å². The standard InChI is InChI=1S/C21H25F3N4O4/c1-27(11-20(12-31-2)7-4-8-20)16-10-15(26-19(25)18(16)28(29)30)13-5-6-17(32-3)14(9-13)21(22,23)24/h5-6,9-10H,4,7-8,11-12H2,1-3H3,(H2,25,26). The van der Waals surface area contributed by atoms with Gasteiger partial charge in [-0.1, -0.05) is 6.42 Å². The Labute approximate surface area is 183 Å². The summed E-state index contributed by atoms with van der Waals surface area (Å²) < 4.78 is 50.5. The van der Waals surface area contributed by atoms with Crippen LogP contribution in [0.1, 0.15) is 24.8 Å². The van der Waals surface area contributed by atoms with Crippen LogP contribution in [-0.2, 0) is 10.9 Å². The lowest BCUT2D eigenvalue weighted by atomic mass is 9.69. The van der Waals surface area contributed by atoms with Gasteiger partial charge in [0.05, 0.1) is 29.9 Å². The van der Waals surface area contributed by atoms with Crippen molar-refractivity contribution in [3.05, 3.63) is 39.9 Å². The Balaban J connectivity index is 2.08. The number of nitrogens with two attached hydrogens (primary N) is 1. The predicted octanol–water partition coefficient (Wildman–Crippen LogP) is 4.52. The number of nitrogens with zero attached hydrogens (tertiary/aromatic N) is 3. The number of halogens is 3. The molecule has 0 atom stereocenters. The third kappa shape index (κ3) is 4.57. The van der Waals surface area contributed by atoms with E-state index in [-0.39, 0.29) is 39.6 Å². The van der Waals surface area contributed by atoms with Gasteiger partial charge in [-0.15, -0.1) is 0 Å². The fourth-order valence-electron chi connectivity index (χ4n) is 4.18. The molecule has 0 spiro atoms. The van der Waals surface area contributed by atoms with Crippen LogP contribution in [-0.4, -0.2) is 44.3 Å². The minimum Gasteiger partial charge on any atom is -0.496 e. The summed E-state index contributed by atoms with van der Waals surface area (Å²) in [6.07, 6.45) is -1.78. The molecule has 1 aromatic carbocycles. The summed E-state index contributed by atoms with van der Waals surface area (Å²) >= 11 is 0. The molecule has 2 aromatic rings. The minimum atomic E-state index is -4.65. The summed E-state index contributed by atoms with van der Waals surface area (Å²) in [6, 6.07) is 4.89. The number of methoxy groups -OCH3 is 2. The maximum atomic E-state index is 13.5. The number of hydrogen-bond donors (Lipinski definition) is 1. The third-order valence-corrected chi connectivity index (χ3v) is 5.83. The van der Waals surface area contributed by atoms with E-state index in [0.29, 0.717) is 13.2 Å². The Morgan fingerprint density at radius 2 is 1.97 bits per heavy atom. The number of ether oxygens (including phenoxy) is 2. The average molecular weight is 454 g/mol. The van der Waals surface area contributed by atoms with Gasteiger partial charge >= 0.3 is 11.9 Å². The Kier molecular flexibility index (Phi) is 6.49. The van der Waals surface area contributed by atoms with Crippen LogP contribution in [0.15, 0.2) is 24.3 Å². The monoisotopic (exact) mass is 454 g/mol. The van der Waals surface area contributed by atoms with Crippen LogP contribution in [0, 0.1) is 15.5 Å². The highest BCUT2D eigenvalue weighted by atomic mass is 19.4. The first-order chi connectivity index (χ1) is 15.0. The van der Waals surface area contributed by atoms with Gasteiger partial charge in [-0.2, -0.15) is 13.2 Å². The molecule has 174 valence electrons. The molecule has 1 heterocycles. The van der Waals surface area contributed by atoms with Crippen molar-refractivity contribution in [2.75, 3.05) is 45.1 Å². The number of rotatable bonds is 8. The molecule has 1 aliphatic carbocycles. The van der Waals surface area contributed by atoms with Crippen molar-refractivity contribution in [1.29, 1.82) is 0 Å². The van der Waals surface area contributed by atoms with Crippen LogP contribution in [0.2, 0.25) is 0 Å². The summed E-state index contributed by atoms with van der Waals surface area (Å²) in [7, 11) is 4.44. The van der Waals surface area contributed by atoms with E-state index in [1.165, 1.54) is 18.2 Å². The molecule has 0 saturated heterocycles. The molecule has 0 unspecified atom stereocenters. The number of nitrogen functional groups attached to an aromatic ring is 1. The van der Waals surface area contributed by atoms with Crippen LogP contribution in [0.25, 0.3) is 11.3 Å². The molecule has 11 heteroatoms. The number of hydrogen-bond acceptors (Lipinski definition) is 7. The normalized spacial score (nSPS) is 15.2. The van der Waals surface area contributed by atoms with Crippen molar-refractivity contribution in [3.8, 4) is 17.0 Å². The molecule has 0 radical (unpaired) electrons. The fourth-order valence-corrected chi connectivity index (χ4v) is 4.18. The third-order valence-electron chi connectivity index (χ3n) is 5.83. The second-order valence-corrected chi connectivity index (χ2v) is 8.07. The first-order valence-electron chi connectivity index (χ1n) is 9.92. The number of anilines is 2. The van der Waals surface area contributed by atoms with Crippen LogP contribution >= 0.6 is 0 Å². The van der Waals surface area contributed by atoms with Gasteiger partial charge in [-0.3, -0.25) is 10.1 Å². The smallest absolute Gasteiger partial charge is 0.419 e. The predicted molar refractivity (Wildman–Crippen MR) is 114 cm³/mol. The van der Waals surface area contributed by atoms with Crippen molar-refractivity contribution in [3.63, 3.8) is 0 Å². The molecule has 1 saturated carbocycles. The zero-order valence-corrected chi connectivity index (χ0v) is 18.0. The van der Waals surface area contributed by atoms with E-state index in [0.717, 1.165) is 32.4 Å². The highest BCUT2D eigenvalue weighted by Crippen LogP contribution is 2.45. The number of aromatic nitrogens is 1. The Bertz CT molecular complexity index is 1010. The summed E-state index contributed by atoms with van der Waals surface area (Å²) in [5.74, 6) is -0.701. The Hall–Kier alpha value is -3.08. The minimum absolute atomic E-state index is 0.0949. The molecular formula is C21H25F3N4O4. The van der Waals surface area contributed by atoms with Crippen LogP contribution < -0.4 is 15.4 Å². The second kappa shape index (κ2) is 8.81. The molecule has 1 aliphatic rings. The van der Waals surface area contributed by atoms with Crippen molar-refractivity contribution in [1.82, 2.24) is 4.98 Å². The molecule has 0 aliphatic heterocycles. The molecule has 1 aromatic heterocycles. The van der Waals surface area contributed by atoms with E-state index >= 15 is 0 Å². The van der Waals surface area contributed by atoms with Gasteiger partial charge in [0.25, 0.3) is 0 Å². The van der Waals surface area contributed by atoms with Crippen molar-refractivity contribution >= 4 is 17.2 Å². The summed E-state index contributed by atoms with van der Waals surface area (Å²) in [4.78, 5) is 16.8. The van der Waals surface area contributed by atoms with E-state index in [9.17, 15) is 23.3 Å². The SMILES string of the molecule is COCC1(CN(C)c2cc(-c3ccc(OC)c(C(F)(F)F)c3)nc(N)c2[N+](=O)[O-])CCC1. The van der Waals surface area contributed by atoms with E-state index in [2.05, 4.69) is 4.98 Å². The van der Waals surface area contributed by atoms with Gasteiger partial charge in [0.15, 0.2) is 0 Å². The Morgan fingerprint density at radius 1 is 1.28 bits per heavy atom. The largest absolute Gasteiger partial charge is 0.496 e. The van der Waals surface area contributed by atoms with Crippen LogP contribution in [0.4, 0.5) is 30.4 Å². The van der Waals surface area contributed by atoms with Gasteiger partial charge in [-0.05, 0) is 37.1 Å². The quantitative estimate of drug-likeness (QED) is 0.462. The first-order valence-corrected chi connectivity index (χ1v) is 9.92. The number of pyridine rings is 1. The molecule has 3 rings (SSSR count). The van der Waals surface area contributed by atoms with Crippen molar-refractivity contribution in [2.24, 2.45) is 5.41 Å². The van der Waals surface area contributed by atoms with Crippen molar-refractivity contribution in [2.45, 2.75) is 25.4 Å². The lowest BCUT2D eigenvalue weighted by Gasteiger charge is -2.44. The maximum Gasteiger partial charge on any atom is 0.419 e. The number of nitro groups is 1. The zero-order valence-electron chi connectivity index (χ0n) is 18.0. The molecular weight excluding hydrogens is 429 g/mol. The van der Waals surface area contributed by atoms with Gasteiger partial charge in [-0.25, -0.2) is 4.98 Å². The number of benzene rings is 1. The molecule has 2 N–H and O–H groups in total. The Morgan fingerprint density at radius 3 is 2.47 bits per heavy atom. The second-order valence-electron chi connectivity index (χ2n) is 8.07. The highest BCUT2D eigenvalue weighted by Gasteiger charge is 2.39. The van der Waals surface area contributed by atoms with Gasteiger partial charge < -0.3 is 20.1 Å². The summed E-state index contributed by atoms with van der Waals surface area (Å²) in [6.45, 7) is 0.979. The zero-order chi connectivity index (χ0) is 23.7. The molecule has 1 fully saturated rings. The maximum absolute atomic E-state index is 13.5. The molecule has 8 nitrogen and oxygen atoms in total. The van der Waals surface area contributed by atoms with E-state index in [1.807, 2.05) is 0 Å². The molecule has 32 heavy (non-hydrogen) atoms.